The molecule has 0 aliphatic carbocycles. The second kappa shape index (κ2) is 8.52. The third-order valence-electron chi connectivity index (χ3n) is 4.64. The molecule has 0 N–H and O–H groups in total. The number of rotatable bonds is 5. The number of halogens is 2. The molecule has 0 atom stereocenters. The van der Waals surface area contributed by atoms with Crippen LogP contribution < -0.4 is 4.90 Å². The van der Waals surface area contributed by atoms with Crippen LogP contribution in [-0.4, -0.2) is 52.0 Å². The summed E-state index contributed by atoms with van der Waals surface area (Å²) in [5.74, 6) is 0.664. The third kappa shape index (κ3) is 4.76. The SMILES string of the molecule is Clc1ccc(CCN2CCN(c3nc(-c4ccc(Cl)cn4)ns3)CC2)cc1. The minimum Gasteiger partial charge on any atom is -0.344 e. The molecular formula is C19H19Cl2N5S. The molecule has 4 rings (SSSR count). The zero-order chi connectivity index (χ0) is 18.6. The van der Waals surface area contributed by atoms with Gasteiger partial charge in [0.25, 0.3) is 0 Å². The largest absolute Gasteiger partial charge is 0.344 e. The normalized spacial score (nSPS) is 15.3. The molecule has 1 fully saturated rings. The fourth-order valence-electron chi connectivity index (χ4n) is 3.06. The van der Waals surface area contributed by atoms with Crippen molar-refractivity contribution in [2.24, 2.45) is 0 Å². The van der Waals surface area contributed by atoms with Crippen LogP contribution in [0.4, 0.5) is 5.13 Å². The van der Waals surface area contributed by atoms with Crippen LogP contribution in [0.15, 0.2) is 42.6 Å². The zero-order valence-electron chi connectivity index (χ0n) is 14.7. The van der Waals surface area contributed by atoms with Crippen molar-refractivity contribution < 1.29 is 0 Å². The van der Waals surface area contributed by atoms with E-state index < -0.39 is 0 Å². The molecule has 0 bridgehead atoms. The van der Waals surface area contributed by atoms with Gasteiger partial charge in [0, 0.05) is 55.5 Å². The van der Waals surface area contributed by atoms with Gasteiger partial charge in [0.05, 0.1) is 5.02 Å². The number of anilines is 1. The molecule has 8 heteroatoms. The lowest BCUT2D eigenvalue weighted by molar-refractivity contribution is 0.261. The first-order valence-corrected chi connectivity index (χ1v) is 10.4. The Morgan fingerprint density at radius 2 is 1.67 bits per heavy atom. The summed E-state index contributed by atoms with van der Waals surface area (Å²) in [7, 11) is 0. The maximum atomic E-state index is 5.95. The lowest BCUT2D eigenvalue weighted by Crippen LogP contribution is -2.47. The van der Waals surface area contributed by atoms with Crippen LogP contribution in [0, 0.1) is 0 Å². The highest BCUT2D eigenvalue weighted by atomic mass is 35.5. The smallest absolute Gasteiger partial charge is 0.205 e. The quantitative estimate of drug-likeness (QED) is 0.617. The zero-order valence-corrected chi connectivity index (χ0v) is 17.0. The molecule has 1 aromatic carbocycles. The van der Waals surface area contributed by atoms with E-state index in [1.807, 2.05) is 24.3 Å². The Kier molecular flexibility index (Phi) is 5.88. The molecule has 0 spiro atoms. The Bertz CT molecular complexity index is 874. The summed E-state index contributed by atoms with van der Waals surface area (Å²) in [6.45, 7) is 5.04. The Morgan fingerprint density at radius 3 is 2.37 bits per heavy atom. The van der Waals surface area contributed by atoms with E-state index in [0.29, 0.717) is 10.8 Å². The lowest BCUT2D eigenvalue weighted by atomic mass is 10.1. The minimum atomic E-state index is 0.615. The fraction of sp³-hybridized carbons (Fsp3) is 0.316. The Labute approximate surface area is 172 Å². The van der Waals surface area contributed by atoms with Crippen LogP contribution >= 0.6 is 34.7 Å². The highest BCUT2D eigenvalue weighted by Gasteiger charge is 2.20. The summed E-state index contributed by atoms with van der Waals surface area (Å²) in [4.78, 5) is 13.7. The molecule has 140 valence electrons. The van der Waals surface area contributed by atoms with Crippen LogP contribution in [0.1, 0.15) is 5.56 Å². The Morgan fingerprint density at radius 1 is 0.926 bits per heavy atom. The number of benzene rings is 1. The van der Waals surface area contributed by atoms with Gasteiger partial charge in [0.2, 0.25) is 5.13 Å². The topological polar surface area (TPSA) is 45.2 Å². The van der Waals surface area contributed by atoms with E-state index in [-0.39, 0.29) is 0 Å². The number of nitrogens with zero attached hydrogens (tertiary/aromatic N) is 5. The summed E-state index contributed by atoms with van der Waals surface area (Å²) < 4.78 is 4.45. The van der Waals surface area contributed by atoms with Gasteiger partial charge in [-0.2, -0.15) is 9.36 Å². The second-order valence-corrected chi connectivity index (χ2v) is 8.07. The predicted molar refractivity (Wildman–Crippen MR) is 112 cm³/mol. The fourth-order valence-corrected chi connectivity index (χ4v) is 4.02. The Balaban J connectivity index is 1.30. The van der Waals surface area contributed by atoms with E-state index in [2.05, 4.69) is 36.3 Å². The van der Waals surface area contributed by atoms with Gasteiger partial charge in [-0.05, 0) is 36.2 Å². The lowest BCUT2D eigenvalue weighted by Gasteiger charge is -2.34. The molecule has 1 aliphatic heterocycles. The van der Waals surface area contributed by atoms with E-state index in [9.17, 15) is 0 Å². The monoisotopic (exact) mass is 419 g/mol. The van der Waals surface area contributed by atoms with Crippen LogP contribution in [0.5, 0.6) is 0 Å². The third-order valence-corrected chi connectivity index (χ3v) is 5.90. The minimum absolute atomic E-state index is 0.615. The average Bonchev–Trinajstić information content (AvgIpc) is 3.19. The molecule has 0 saturated carbocycles. The Hall–Kier alpha value is -1.73. The molecule has 2 aromatic heterocycles. The molecule has 3 heterocycles. The van der Waals surface area contributed by atoms with E-state index in [4.69, 9.17) is 23.2 Å². The highest BCUT2D eigenvalue weighted by Crippen LogP contribution is 2.24. The molecular weight excluding hydrogens is 401 g/mol. The highest BCUT2D eigenvalue weighted by molar-refractivity contribution is 7.09. The van der Waals surface area contributed by atoms with Crippen LogP contribution in [0.3, 0.4) is 0 Å². The standard InChI is InChI=1S/C19H19Cl2N5S/c20-15-3-1-14(2-4-15)7-8-25-9-11-26(12-10-25)19-23-18(24-27-19)17-6-5-16(21)13-22-17/h1-6,13H,7-12H2. The molecule has 0 amide bonds. The summed E-state index contributed by atoms with van der Waals surface area (Å²) >= 11 is 13.3. The summed E-state index contributed by atoms with van der Waals surface area (Å²) in [6, 6.07) is 11.8. The number of hydrogen-bond acceptors (Lipinski definition) is 6. The van der Waals surface area contributed by atoms with Gasteiger partial charge in [-0.25, -0.2) is 0 Å². The molecule has 27 heavy (non-hydrogen) atoms. The maximum Gasteiger partial charge on any atom is 0.205 e. The number of pyridine rings is 1. The van der Waals surface area contributed by atoms with E-state index in [1.54, 1.807) is 6.20 Å². The van der Waals surface area contributed by atoms with Crippen molar-refractivity contribution in [3.63, 3.8) is 0 Å². The molecule has 1 saturated heterocycles. The van der Waals surface area contributed by atoms with Crippen molar-refractivity contribution in [1.82, 2.24) is 19.2 Å². The van der Waals surface area contributed by atoms with Crippen LogP contribution in [0.25, 0.3) is 11.5 Å². The van der Waals surface area contributed by atoms with Gasteiger partial charge in [0.15, 0.2) is 5.82 Å². The van der Waals surface area contributed by atoms with Gasteiger partial charge in [-0.1, -0.05) is 35.3 Å². The molecule has 5 nitrogen and oxygen atoms in total. The predicted octanol–water partition coefficient (Wildman–Crippen LogP) is 4.27. The van der Waals surface area contributed by atoms with E-state index in [1.165, 1.54) is 17.1 Å². The van der Waals surface area contributed by atoms with Crippen molar-refractivity contribution in [2.75, 3.05) is 37.6 Å². The van der Waals surface area contributed by atoms with E-state index in [0.717, 1.165) is 55.0 Å². The summed E-state index contributed by atoms with van der Waals surface area (Å²) in [6.07, 6.45) is 2.67. The maximum absolute atomic E-state index is 5.95. The molecule has 3 aromatic rings. The van der Waals surface area contributed by atoms with Gasteiger partial charge in [0.1, 0.15) is 5.69 Å². The molecule has 1 aliphatic rings. The summed E-state index contributed by atoms with van der Waals surface area (Å²) in [5, 5.41) is 2.36. The van der Waals surface area contributed by atoms with Gasteiger partial charge >= 0.3 is 0 Å². The van der Waals surface area contributed by atoms with Crippen molar-refractivity contribution in [2.45, 2.75) is 6.42 Å². The second-order valence-electron chi connectivity index (χ2n) is 6.47. The van der Waals surface area contributed by atoms with Gasteiger partial charge in [-0.3, -0.25) is 9.88 Å². The number of aromatic nitrogens is 3. The van der Waals surface area contributed by atoms with Gasteiger partial charge < -0.3 is 4.90 Å². The molecule has 0 radical (unpaired) electrons. The summed E-state index contributed by atoms with van der Waals surface area (Å²) in [5.41, 5.74) is 2.08. The van der Waals surface area contributed by atoms with Crippen molar-refractivity contribution >= 4 is 39.9 Å². The van der Waals surface area contributed by atoms with Crippen molar-refractivity contribution in [1.29, 1.82) is 0 Å². The number of hydrogen-bond donors (Lipinski definition) is 0. The van der Waals surface area contributed by atoms with Gasteiger partial charge in [-0.15, -0.1) is 0 Å². The first kappa shape index (κ1) is 18.6. The van der Waals surface area contributed by atoms with E-state index >= 15 is 0 Å². The first-order valence-electron chi connectivity index (χ1n) is 8.85. The average molecular weight is 420 g/mol. The molecule has 0 unspecified atom stereocenters. The van der Waals surface area contributed by atoms with Crippen molar-refractivity contribution in [3.8, 4) is 11.5 Å². The van der Waals surface area contributed by atoms with Crippen LogP contribution in [0.2, 0.25) is 10.0 Å². The van der Waals surface area contributed by atoms with Crippen LogP contribution in [-0.2, 0) is 6.42 Å². The number of piperazine rings is 1. The first-order chi connectivity index (χ1) is 13.2. The van der Waals surface area contributed by atoms with Crippen molar-refractivity contribution in [3.05, 3.63) is 58.2 Å².